The first-order valence-corrected chi connectivity index (χ1v) is 7.48. The van der Waals surface area contributed by atoms with E-state index in [0.29, 0.717) is 6.04 Å². The van der Waals surface area contributed by atoms with Gasteiger partial charge in [0.25, 0.3) is 0 Å². The molecule has 0 spiro atoms. The van der Waals surface area contributed by atoms with Crippen LogP contribution >= 0.6 is 0 Å². The lowest BCUT2D eigenvalue weighted by Crippen LogP contribution is -2.29. The Kier molecular flexibility index (Phi) is 13.2. The maximum absolute atomic E-state index is 3.60. The Balaban J connectivity index is 3.55. The van der Waals surface area contributed by atoms with E-state index in [9.17, 15) is 0 Å². The maximum atomic E-state index is 3.60. The van der Waals surface area contributed by atoms with Crippen LogP contribution in [0.3, 0.4) is 0 Å². The second kappa shape index (κ2) is 13.6. The zero-order chi connectivity index (χ0) is 12.8. The van der Waals surface area contributed by atoms with Crippen LogP contribution in [0.4, 0.5) is 0 Å². The number of hydrogen-bond acceptors (Lipinski definition) is 1. The third-order valence-corrected chi connectivity index (χ3v) is 3.11. The highest BCUT2D eigenvalue weighted by Crippen LogP contribution is 2.10. The highest BCUT2D eigenvalue weighted by atomic mass is 14.9. The molecule has 0 radical (unpaired) electrons. The van der Waals surface area contributed by atoms with Crippen molar-refractivity contribution in [1.82, 2.24) is 5.32 Å². The fraction of sp³-hybridized carbons (Fsp3) is 0.875. The fourth-order valence-electron chi connectivity index (χ4n) is 2.02. The molecule has 0 rings (SSSR count). The third-order valence-electron chi connectivity index (χ3n) is 3.11. The third kappa shape index (κ3) is 11.8. The van der Waals surface area contributed by atoms with Crippen LogP contribution in [0.5, 0.6) is 0 Å². The Morgan fingerprint density at radius 2 is 1.65 bits per heavy atom. The summed E-state index contributed by atoms with van der Waals surface area (Å²) >= 11 is 0. The van der Waals surface area contributed by atoms with Crippen molar-refractivity contribution in [3.05, 3.63) is 0 Å². The standard InChI is InChI=1S/C16H31N/c1-4-7-9-10-11-12-14-16(13-8-5-2)17-15-6-3/h16-17H,4,6-7,9-15H2,1-3H3. The molecular formula is C16H31N. The molecule has 1 N–H and O–H groups in total. The van der Waals surface area contributed by atoms with E-state index in [0.717, 1.165) is 13.0 Å². The van der Waals surface area contributed by atoms with Crippen molar-refractivity contribution in [3.8, 4) is 11.8 Å². The van der Waals surface area contributed by atoms with Crippen molar-refractivity contribution in [2.45, 2.75) is 84.6 Å². The number of hydrogen-bond donors (Lipinski definition) is 1. The molecule has 1 unspecified atom stereocenters. The van der Waals surface area contributed by atoms with Crippen LogP contribution in [0, 0.1) is 11.8 Å². The van der Waals surface area contributed by atoms with Crippen LogP contribution in [0.15, 0.2) is 0 Å². The molecule has 1 atom stereocenters. The van der Waals surface area contributed by atoms with E-state index in [1.807, 2.05) is 6.92 Å². The summed E-state index contributed by atoms with van der Waals surface area (Å²) in [6.45, 7) is 7.56. The molecule has 0 saturated heterocycles. The van der Waals surface area contributed by atoms with Gasteiger partial charge in [-0.05, 0) is 26.3 Å². The van der Waals surface area contributed by atoms with Crippen molar-refractivity contribution in [2.24, 2.45) is 0 Å². The van der Waals surface area contributed by atoms with E-state index in [1.54, 1.807) is 0 Å². The van der Waals surface area contributed by atoms with E-state index in [1.165, 1.54) is 51.4 Å². The molecule has 0 fully saturated rings. The second-order valence-corrected chi connectivity index (χ2v) is 4.84. The zero-order valence-electron chi connectivity index (χ0n) is 12.1. The first-order valence-electron chi connectivity index (χ1n) is 7.48. The summed E-state index contributed by atoms with van der Waals surface area (Å²) in [6.07, 6.45) is 11.8. The monoisotopic (exact) mass is 237 g/mol. The summed E-state index contributed by atoms with van der Waals surface area (Å²) in [4.78, 5) is 0. The van der Waals surface area contributed by atoms with Crippen LogP contribution in [0.2, 0.25) is 0 Å². The second-order valence-electron chi connectivity index (χ2n) is 4.84. The van der Waals surface area contributed by atoms with Gasteiger partial charge in [0.15, 0.2) is 0 Å². The summed E-state index contributed by atoms with van der Waals surface area (Å²) < 4.78 is 0. The Hall–Kier alpha value is -0.480. The predicted molar refractivity (Wildman–Crippen MR) is 78.1 cm³/mol. The molecule has 0 amide bonds. The van der Waals surface area contributed by atoms with E-state index >= 15 is 0 Å². The predicted octanol–water partition coefficient (Wildman–Crippen LogP) is 4.52. The van der Waals surface area contributed by atoms with Crippen LogP contribution in [0.25, 0.3) is 0 Å². The Morgan fingerprint density at radius 1 is 0.941 bits per heavy atom. The molecule has 0 aliphatic rings. The number of nitrogens with one attached hydrogen (secondary N) is 1. The molecule has 17 heavy (non-hydrogen) atoms. The lowest BCUT2D eigenvalue weighted by Gasteiger charge is -2.15. The molecule has 1 nitrogen and oxygen atoms in total. The van der Waals surface area contributed by atoms with Crippen molar-refractivity contribution >= 4 is 0 Å². The minimum absolute atomic E-state index is 0.619. The summed E-state index contributed by atoms with van der Waals surface area (Å²) in [6, 6.07) is 0.619. The lowest BCUT2D eigenvalue weighted by molar-refractivity contribution is 0.459. The number of unbranched alkanes of at least 4 members (excludes halogenated alkanes) is 5. The van der Waals surface area contributed by atoms with Gasteiger partial charge in [-0.1, -0.05) is 52.4 Å². The summed E-state index contributed by atoms with van der Waals surface area (Å²) in [7, 11) is 0. The zero-order valence-corrected chi connectivity index (χ0v) is 12.1. The molecule has 0 bridgehead atoms. The molecule has 0 saturated carbocycles. The van der Waals surface area contributed by atoms with E-state index in [-0.39, 0.29) is 0 Å². The largest absolute Gasteiger partial charge is 0.313 e. The van der Waals surface area contributed by atoms with Gasteiger partial charge in [-0.15, -0.1) is 11.8 Å². The van der Waals surface area contributed by atoms with Gasteiger partial charge in [-0.2, -0.15) is 0 Å². The Bertz CT molecular complexity index is 199. The minimum Gasteiger partial charge on any atom is -0.313 e. The highest BCUT2D eigenvalue weighted by molar-refractivity contribution is 4.98. The molecule has 0 aromatic carbocycles. The number of rotatable bonds is 11. The topological polar surface area (TPSA) is 12.0 Å². The van der Waals surface area contributed by atoms with Crippen molar-refractivity contribution in [1.29, 1.82) is 0 Å². The normalized spacial score (nSPS) is 11.9. The Morgan fingerprint density at radius 3 is 2.29 bits per heavy atom. The molecule has 0 aromatic rings. The van der Waals surface area contributed by atoms with Gasteiger partial charge in [0.05, 0.1) is 0 Å². The van der Waals surface area contributed by atoms with Gasteiger partial charge < -0.3 is 5.32 Å². The summed E-state index contributed by atoms with van der Waals surface area (Å²) in [5.74, 6) is 6.21. The smallest absolute Gasteiger partial charge is 0.0243 e. The van der Waals surface area contributed by atoms with Gasteiger partial charge in [-0.25, -0.2) is 0 Å². The van der Waals surface area contributed by atoms with E-state index in [2.05, 4.69) is 31.0 Å². The van der Waals surface area contributed by atoms with Crippen LogP contribution < -0.4 is 5.32 Å². The maximum Gasteiger partial charge on any atom is 0.0243 e. The first-order chi connectivity index (χ1) is 8.35. The van der Waals surface area contributed by atoms with Crippen molar-refractivity contribution in [2.75, 3.05) is 6.54 Å². The lowest BCUT2D eigenvalue weighted by atomic mass is 10.0. The van der Waals surface area contributed by atoms with Crippen molar-refractivity contribution < 1.29 is 0 Å². The average Bonchev–Trinajstić information content (AvgIpc) is 2.35. The SMILES string of the molecule is CC#CCC(CCCCCCCC)NCCC. The Labute approximate surface area is 109 Å². The molecule has 100 valence electrons. The quantitative estimate of drug-likeness (QED) is 0.411. The molecule has 0 aliphatic heterocycles. The van der Waals surface area contributed by atoms with E-state index < -0.39 is 0 Å². The minimum atomic E-state index is 0.619. The van der Waals surface area contributed by atoms with Gasteiger partial charge in [0.2, 0.25) is 0 Å². The molecule has 0 aromatic heterocycles. The van der Waals surface area contributed by atoms with E-state index in [4.69, 9.17) is 0 Å². The van der Waals surface area contributed by atoms with Gasteiger partial charge >= 0.3 is 0 Å². The molecule has 0 heterocycles. The van der Waals surface area contributed by atoms with Gasteiger partial charge in [-0.3, -0.25) is 0 Å². The molecule has 1 heteroatoms. The summed E-state index contributed by atoms with van der Waals surface area (Å²) in [5, 5.41) is 3.60. The summed E-state index contributed by atoms with van der Waals surface area (Å²) in [5.41, 5.74) is 0. The van der Waals surface area contributed by atoms with Crippen LogP contribution in [0.1, 0.15) is 78.6 Å². The molecular weight excluding hydrogens is 206 g/mol. The van der Waals surface area contributed by atoms with Gasteiger partial charge in [0.1, 0.15) is 0 Å². The van der Waals surface area contributed by atoms with Crippen molar-refractivity contribution in [3.63, 3.8) is 0 Å². The average molecular weight is 237 g/mol. The highest BCUT2D eigenvalue weighted by Gasteiger charge is 2.05. The van der Waals surface area contributed by atoms with Crippen LogP contribution in [-0.2, 0) is 0 Å². The first kappa shape index (κ1) is 16.5. The molecule has 0 aliphatic carbocycles. The fourth-order valence-corrected chi connectivity index (χ4v) is 2.02. The van der Waals surface area contributed by atoms with Gasteiger partial charge in [0, 0.05) is 12.5 Å². The van der Waals surface area contributed by atoms with Crippen LogP contribution in [-0.4, -0.2) is 12.6 Å².